The number of hydrogen-bond donors (Lipinski definition) is 2. The minimum atomic E-state index is -0.970. The van der Waals surface area contributed by atoms with Crippen LogP contribution in [0.5, 0.6) is 0 Å². The Morgan fingerprint density at radius 1 is 1.22 bits per heavy atom. The molecule has 0 aliphatic heterocycles. The molecule has 0 bridgehead atoms. The van der Waals surface area contributed by atoms with Crippen LogP contribution < -0.4 is 5.32 Å². The Kier molecular flexibility index (Phi) is 3.94. The molecule has 92 valence electrons. The first-order chi connectivity index (χ1) is 8.65. The molecule has 1 aromatic heterocycles. The molecule has 2 rings (SSSR count). The molecule has 0 radical (unpaired) electrons. The predicted octanol–water partition coefficient (Wildman–Crippen LogP) is 3.15. The van der Waals surface area contributed by atoms with E-state index in [2.05, 4.69) is 26.2 Å². The van der Waals surface area contributed by atoms with Gasteiger partial charge in [0, 0.05) is 17.2 Å². The minimum absolute atomic E-state index is 0.184. The third-order valence-corrected chi connectivity index (χ3v) is 2.93. The second-order valence-corrected chi connectivity index (χ2v) is 4.63. The van der Waals surface area contributed by atoms with Crippen molar-refractivity contribution in [3.63, 3.8) is 0 Å². The fourth-order valence-corrected chi connectivity index (χ4v) is 1.68. The maximum Gasteiger partial charge on any atom is 0.337 e. The van der Waals surface area contributed by atoms with Gasteiger partial charge in [0.05, 0.1) is 5.56 Å². The summed E-state index contributed by atoms with van der Waals surface area (Å²) < 4.78 is 1.04. The summed E-state index contributed by atoms with van der Waals surface area (Å²) in [5.41, 5.74) is 1.31. The van der Waals surface area contributed by atoms with Crippen LogP contribution in [0.4, 0.5) is 5.82 Å². The molecule has 5 heteroatoms. The van der Waals surface area contributed by atoms with E-state index in [4.69, 9.17) is 5.11 Å². The number of carbonyl (C=O) groups is 1. The molecule has 4 nitrogen and oxygen atoms in total. The number of anilines is 1. The molecular formula is C13H11BrN2O2. The lowest BCUT2D eigenvalue weighted by molar-refractivity contribution is 0.0696. The van der Waals surface area contributed by atoms with Crippen molar-refractivity contribution in [2.24, 2.45) is 0 Å². The lowest BCUT2D eigenvalue weighted by Gasteiger charge is -2.05. The van der Waals surface area contributed by atoms with Crippen molar-refractivity contribution in [1.29, 1.82) is 0 Å². The van der Waals surface area contributed by atoms with Crippen LogP contribution in [-0.2, 0) is 6.54 Å². The van der Waals surface area contributed by atoms with Crippen molar-refractivity contribution < 1.29 is 9.90 Å². The van der Waals surface area contributed by atoms with Gasteiger partial charge < -0.3 is 10.4 Å². The molecule has 0 amide bonds. The first-order valence-corrected chi connectivity index (χ1v) is 6.12. The van der Waals surface area contributed by atoms with Gasteiger partial charge in [-0.25, -0.2) is 9.78 Å². The van der Waals surface area contributed by atoms with Crippen molar-refractivity contribution in [3.05, 3.63) is 58.2 Å². The number of aromatic carboxylic acids is 1. The van der Waals surface area contributed by atoms with E-state index in [9.17, 15) is 4.79 Å². The topological polar surface area (TPSA) is 62.2 Å². The van der Waals surface area contributed by atoms with Gasteiger partial charge in [-0.1, -0.05) is 28.1 Å². The van der Waals surface area contributed by atoms with Crippen LogP contribution in [0.25, 0.3) is 0 Å². The Morgan fingerprint density at radius 3 is 2.50 bits per heavy atom. The zero-order chi connectivity index (χ0) is 13.0. The fraction of sp³-hybridized carbons (Fsp3) is 0.0769. The maximum atomic E-state index is 10.7. The summed E-state index contributed by atoms with van der Waals surface area (Å²) in [7, 11) is 0. The Hall–Kier alpha value is -1.88. The number of carboxylic acid groups (broad SMARTS) is 1. The van der Waals surface area contributed by atoms with Crippen molar-refractivity contribution >= 4 is 27.7 Å². The number of nitrogens with zero attached hydrogens (tertiary/aromatic N) is 1. The number of pyridine rings is 1. The number of nitrogens with one attached hydrogen (secondary N) is 1. The molecule has 2 N–H and O–H groups in total. The molecule has 1 heterocycles. The van der Waals surface area contributed by atoms with E-state index < -0.39 is 5.97 Å². The van der Waals surface area contributed by atoms with Crippen molar-refractivity contribution in [1.82, 2.24) is 4.98 Å². The van der Waals surface area contributed by atoms with Gasteiger partial charge in [-0.2, -0.15) is 0 Å². The lowest BCUT2D eigenvalue weighted by Crippen LogP contribution is -2.03. The average Bonchev–Trinajstić information content (AvgIpc) is 2.38. The van der Waals surface area contributed by atoms with E-state index in [1.54, 1.807) is 6.07 Å². The summed E-state index contributed by atoms with van der Waals surface area (Å²) in [4.78, 5) is 14.7. The van der Waals surface area contributed by atoms with Crippen LogP contribution in [-0.4, -0.2) is 16.1 Å². The SMILES string of the molecule is O=C(O)c1ccc(NCc2ccc(Br)cc2)nc1. The Morgan fingerprint density at radius 2 is 1.94 bits per heavy atom. The van der Waals surface area contributed by atoms with Crippen LogP contribution in [0.15, 0.2) is 47.1 Å². The van der Waals surface area contributed by atoms with Crippen molar-refractivity contribution in [2.75, 3.05) is 5.32 Å². The van der Waals surface area contributed by atoms with Crippen LogP contribution in [0.3, 0.4) is 0 Å². The van der Waals surface area contributed by atoms with E-state index in [0.29, 0.717) is 12.4 Å². The summed E-state index contributed by atoms with van der Waals surface area (Å²) in [6.45, 7) is 0.646. The van der Waals surface area contributed by atoms with Gasteiger partial charge in [0.2, 0.25) is 0 Å². The first-order valence-electron chi connectivity index (χ1n) is 5.33. The lowest BCUT2D eigenvalue weighted by atomic mass is 10.2. The molecular weight excluding hydrogens is 296 g/mol. The summed E-state index contributed by atoms with van der Waals surface area (Å²) in [6, 6.07) is 11.1. The zero-order valence-corrected chi connectivity index (χ0v) is 11.0. The average molecular weight is 307 g/mol. The number of benzene rings is 1. The van der Waals surface area contributed by atoms with E-state index in [-0.39, 0.29) is 5.56 Å². The monoisotopic (exact) mass is 306 g/mol. The summed E-state index contributed by atoms with van der Waals surface area (Å²) in [5.74, 6) is -0.315. The Bertz CT molecular complexity index is 538. The number of rotatable bonds is 4. The molecule has 0 spiro atoms. The molecule has 0 atom stereocenters. The Balaban J connectivity index is 1.97. The fourth-order valence-electron chi connectivity index (χ4n) is 1.42. The number of aromatic nitrogens is 1. The van der Waals surface area contributed by atoms with E-state index >= 15 is 0 Å². The highest BCUT2D eigenvalue weighted by molar-refractivity contribution is 9.10. The summed E-state index contributed by atoms with van der Waals surface area (Å²) in [6.07, 6.45) is 1.34. The normalized spacial score (nSPS) is 10.1. The standard InChI is InChI=1S/C13H11BrN2O2/c14-11-4-1-9(2-5-11)7-15-12-6-3-10(8-16-12)13(17)18/h1-6,8H,7H2,(H,15,16)(H,17,18). The molecule has 0 aliphatic rings. The van der Waals surface area contributed by atoms with Crippen LogP contribution in [0, 0.1) is 0 Å². The predicted molar refractivity (Wildman–Crippen MR) is 72.7 cm³/mol. The second kappa shape index (κ2) is 5.64. The number of halogens is 1. The van der Waals surface area contributed by atoms with Gasteiger partial charge >= 0.3 is 5.97 Å². The summed E-state index contributed by atoms with van der Waals surface area (Å²) in [5, 5.41) is 11.9. The second-order valence-electron chi connectivity index (χ2n) is 3.72. The number of carboxylic acids is 1. The number of hydrogen-bond acceptors (Lipinski definition) is 3. The van der Waals surface area contributed by atoms with Crippen LogP contribution in [0.2, 0.25) is 0 Å². The third kappa shape index (κ3) is 3.30. The van der Waals surface area contributed by atoms with Gasteiger partial charge in [0.25, 0.3) is 0 Å². The Labute approximate surface area is 113 Å². The van der Waals surface area contributed by atoms with Gasteiger partial charge in [0.1, 0.15) is 5.82 Å². The molecule has 0 saturated heterocycles. The van der Waals surface area contributed by atoms with Crippen LogP contribution in [0.1, 0.15) is 15.9 Å². The van der Waals surface area contributed by atoms with Gasteiger partial charge in [-0.05, 0) is 29.8 Å². The molecule has 0 saturated carbocycles. The van der Waals surface area contributed by atoms with Crippen molar-refractivity contribution in [3.8, 4) is 0 Å². The smallest absolute Gasteiger partial charge is 0.337 e. The van der Waals surface area contributed by atoms with Crippen LogP contribution >= 0.6 is 15.9 Å². The van der Waals surface area contributed by atoms with E-state index in [0.717, 1.165) is 10.0 Å². The van der Waals surface area contributed by atoms with E-state index in [1.807, 2.05) is 24.3 Å². The van der Waals surface area contributed by atoms with E-state index in [1.165, 1.54) is 12.3 Å². The molecule has 0 aliphatic carbocycles. The molecule has 1 aromatic carbocycles. The zero-order valence-electron chi connectivity index (χ0n) is 9.43. The first kappa shape index (κ1) is 12.6. The highest BCUT2D eigenvalue weighted by Crippen LogP contribution is 2.12. The largest absolute Gasteiger partial charge is 0.478 e. The molecule has 0 fully saturated rings. The van der Waals surface area contributed by atoms with Gasteiger partial charge in [-0.15, -0.1) is 0 Å². The third-order valence-electron chi connectivity index (χ3n) is 2.40. The molecule has 0 unspecified atom stereocenters. The highest BCUT2D eigenvalue weighted by atomic mass is 79.9. The van der Waals surface area contributed by atoms with Gasteiger partial charge in [-0.3, -0.25) is 0 Å². The quantitative estimate of drug-likeness (QED) is 0.911. The van der Waals surface area contributed by atoms with Crippen molar-refractivity contribution in [2.45, 2.75) is 6.54 Å². The summed E-state index contributed by atoms with van der Waals surface area (Å²) >= 11 is 3.37. The molecule has 18 heavy (non-hydrogen) atoms. The molecule has 2 aromatic rings. The highest BCUT2D eigenvalue weighted by Gasteiger charge is 2.02. The van der Waals surface area contributed by atoms with Gasteiger partial charge in [0.15, 0.2) is 0 Å². The minimum Gasteiger partial charge on any atom is -0.478 e. The maximum absolute atomic E-state index is 10.7.